The number of carbonyl (C=O) groups is 2. The number of fused-ring (bicyclic) bond motifs is 1. The largest absolute Gasteiger partial charge is 0.489 e. The van der Waals surface area contributed by atoms with Gasteiger partial charge in [0.05, 0.1) is 18.1 Å². The maximum absolute atomic E-state index is 12.8. The lowest BCUT2D eigenvalue weighted by molar-refractivity contribution is -0.140. The molecule has 1 aliphatic heterocycles. The molecular weight excluding hydrogens is 400 g/mol. The van der Waals surface area contributed by atoms with Gasteiger partial charge in [-0.3, -0.25) is 9.59 Å². The summed E-state index contributed by atoms with van der Waals surface area (Å²) < 4.78 is 5.84. The Morgan fingerprint density at radius 3 is 2.30 bits per heavy atom. The summed E-state index contributed by atoms with van der Waals surface area (Å²) in [5, 5.41) is 6.02. The molecule has 1 saturated heterocycles. The fraction of sp³-hybridized carbons (Fsp3) is 0.292. The van der Waals surface area contributed by atoms with Crippen LogP contribution in [-0.2, 0) is 16.2 Å². The predicted molar refractivity (Wildman–Crippen MR) is 114 cm³/mol. The zero-order valence-corrected chi connectivity index (χ0v) is 17.0. The Labute approximate surface area is 180 Å². The summed E-state index contributed by atoms with van der Waals surface area (Å²) in [5.74, 6) is 0.192. The summed E-state index contributed by atoms with van der Waals surface area (Å²) in [6.45, 7) is 0.417. The lowest BCUT2D eigenvalue weighted by Gasteiger charge is -2.37. The van der Waals surface area contributed by atoms with Crippen molar-refractivity contribution in [1.82, 2.24) is 5.01 Å². The summed E-state index contributed by atoms with van der Waals surface area (Å²) in [6, 6.07) is 14.9. The van der Waals surface area contributed by atoms with Crippen molar-refractivity contribution < 1.29 is 14.3 Å². The van der Waals surface area contributed by atoms with Gasteiger partial charge in [-0.25, -0.2) is 0 Å². The Balaban J connectivity index is 1.28. The predicted octanol–water partition coefficient (Wildman–Crippen LogP) is 4.45. The molecule has 152 valence electrons. The maximum atomic E-state index is 12.8. The molecule has 2 aromatic rings. The highest BCUT2D eigenvalue weighted by molar-refractivity contribution is 6.30. The van der Waals surface area contributed by atoms with E-state index in [1.165, 1.54) is 0 Å². The van der Waals surface area contributed by atoms with Crippen molar-refractivity contribution in [3.63, 3.8) is 0 Å². The summed E-state index contributed by atoms with van der Waals surface area (Å²) in [5.41, 5.74) is 1.78. The second-order valence-corrected chi connectivity index (χ2v) is 8.50. The number of imide groups is 1. The van der Waals surface area contributed by atoms with Gasteiger partial charge in [0, 0.05) is 5.02 Å². The zero-order chi connectivity index (χ0) is 20.7. The maximum Gasteiger partial charge on any atom is 0.254 e. The summed E-state index contributed by atoms with van der Waals surface area (Å²) >= 11 is 5.91. The van der Waals surface area contributed by atoms with E-state index in [4.69, 9.17) is 16.3 Å². The van der Waals surface area contributed by atoms with Crippen LogP contribution < -0.4 is 4.74 Å². The minimum atomic E-state index is -0.243. The Kier molecular flexibility index (Phi) is 4.91. The highest BCUT2D eigenvalue weighted by Gasteiger charge is 2.56. The van der Waals surface area contributed by atoms with E-state index in [2.05, 4.69) is 17.3 Å². The molecule has 6 heteroatoms. The van der Waals surface area contributed by atoms with Gasteiger partial charge in [-0.1, -0.05) is 48.0 Å². The summed E-state index contributed by atoms with van der Waals surface area (Å²) in [6.07, 6.45) is 7.72. The summed E-state index contributed by atoms with van der Waals surface area (Å²) in [7, 11) is 0. The van der Waals surface area contributed by atoms with E-state index in [-0.39, 0.29) is 35.5 Å². The molecule has 2 fully saturated rings. The second kappa shape index (κ2) is 7.73. The van der Waals surface area contributed by atoms with Crippen LogP contribution in [0.1, 0.15) is 24.0 Å². The van der Waals surface area contributed by atoms with E-state index >= 15 is 0 Å². The highest BCUT2D eigenvalue weighted by atomic mass is 35.5. The number of nitrogens with zero attached hydrogens (tertiary/aromatic N) is 2. The molecule has 4 atom stereocenters. The Morgan fingerprint density at radius 2 is 1.67 bits per heavy atom. The van der Waals surface area contributed by atoms with Crippen LogP contribution in [0.5, 0.6) is 5.75 Å². The molecule has 5 nitrogen and oxygen atoms in total. The average molecular weight is 421 g/mol. The molecule has 2 amide bonds. The quantitative estimate of drug-likeness (QED) is 0.408. The van der Waals surface area contributed by atoms with Gasteiger partial charge < -0.3 is 4.74 Å². The van der Waals surface area contributed by atoms with Gasteiger partial charge in [0.2, 0.25) is 0 Å². The summed E-state index contributed by atoms with van der Waals surface area (Å²) in [4.78, 5) is 25.7. The van der Waals surface area contributed by atoms with Crippen molar-refractivity contribution >= 4 is 29.6 Å². The topological polar surface area (TPSA) is 59.0 Å². The van der Waals surface area contributed by atoms with Crippen molar-refractivity contribution in [2.45, 2.75) is 19.4 Å². The molecule has 2 aromatic carbocycles. The van der Waals surface area contributed by atoms with Gasteiger partial charge in [0.25, 0.3) is 11.8 Å². The number of halogens is 1. The van der Waals surface area contributed by atoms with E-state index in [0.717, 1.165) is 29.0 Å². The average Bonchev–Trinajstić information content (AvgIpc) is 3.05. The molecule has 0 N–H and O–H groups in total. The van der Waals surface area contributed by atoms with Gasteiger partial charge in [-0.2, -0.15) is 10.1 Å². The van der Waals surface area contributed by atoms with Gasteiger partial charge in [0.1, 0.15) is 12.4 Å². The van der Waals surface area contributed by atoms with Crippen LogP contribution in [0.15, 0.2) is 65.8 Å². The van der Waals surface area contributed by atoms with Crippen LogP contribution in [0, 0.1) is 23.7 Å². The monoisotopic (exact) mass is 420 g/mol. The van der Waals surface area contributed by atoms with Crippen molar-refractivity contribution in [2.75, 3.05) is 0 Å². The molecule has 1 heterocycles. The first-order chi connectivity index (χ1) is 14.6. The standard InChI is InChI=1S/C24H21ClN2O3/c25-19-10-4-15(5-11-19)14-30-20-3-1-2-16(12-20)13-26-27-23(28)21-17-6-7-18(9-8-17)22(21)24(27)29/h1-7,10-13,17-18,21-22H,8-9,14H2/b26-13-/t17-,18-,21-,22-/m0/s1. The molecule has 4 aliphatic rings. The van der Waals surface area contributed by atoms with Gasteiger partial charge in [-0.15, -0.1) is 0 Å². The molecule has 3 aliphatic carbocycles. The van der Waals surface area contributed by atoms with Gasteiger partial charge in [0.15, 0.2) is 0 Å². The zero-order valence-electron chi connectivity index (χ0n) is 16.3. The van der Waals surface area contributed by atoms with Gasteiger partial charge >= 0.3 is 0 Å². The number of ether oxygens (including phenoxy) is 1. The number of amides is 2. The number of hydrogen-bond donors (Lipinski definition) is 0. The first-order valence-corrected chi connectivity index (χ1v) is 10.6. The molecule has 0 spiro atoms. The molecule has 0 aromatic heterocycles. The second-order valence-electron chi connectivity index (χ2n) is 8.06. The Morgan fingerprint density at radius 1 is 1.00 bits per heavy atom. The van der Waals surface area contributed by atoms with Crippen molar-refractivity contribution in [3.8, 4) is 5.75 Å². The number of carbonyl (C=O) groups excluding carboxylic acids is 2. The fourth-order valence-corrected chi connectivity index (χ4v) is 4.85. The number of hydrogen-bond acceptors (Lipinski definition) is 4. The van der Waals surface area contributed by atoms with Crippen LogP contribution in [0.4, 0.5) is 0 Å². The SMILES string of the molecule is O=C1[C@@H]2[C@@H](C(=O)N1/N=C\c1cccc(OCc3ccc(Cl)cc3)c1)[C@H]1C=C[C@H]2CC1. The van der Waals surface area contributed by atoms with E-state index in [1.807, 2.05) is 48.5 Å². The molecule has 0 unspecified atom stereocenters. The number of hydrazone groups is 1. The number of rotatable bonds is 5. The minimum Gasteiger partial charge on any atom is -0.489 e. The normalized spacial score (nSPS) is 27.2. The van der Waals surface area contributed by atoms with Crippen LogP contribution in [-0.4, -0.2) is 23.0 Å². The molecule has 0 radical (unpaired) electrons. The molecular formula is C24H21ClN2O3. The van der Waals surface area contributed by atoms with Crippen LogP contribution >= 0.6 is 11.6 Å². The fourth-order valence-electron chi connectivity index (χ4n) is 4.73. The van der Waals surface area contributed by atoms with Crippen LogP contribution in [0.3, 0.4) is 0 Å². The van der Waals surface area contributed by atoms with Gasteiger partial charge in [-0.05, 0) is 60.1 Å². The lowest BCUT2D eigenvalue weighted by atomic mass is 9.63. The van der Waals surface area contributed by atoms with E-state index < -0.39 is 0 Å². The third-order valence-corrected chi connectivity index (χ3v) is 6.49. The highest BCUT2D eigenvalue weighted by Crippen LogP contribution is 2.49. The molecule has 30 heavy (non-hydrogen) atoms. The first-order valence-electron chi connectivity index (χ1n) is 10.2. The third-order valence-electron chi connectivity index (χ3n) is 6.24. The van der Waals surface area contributed by atoms with Crippen LogP contribution in [0.2, 0.25) is 5.02 Å². The van der Waals surface area contributed by atoms with E-state index in [1.54, 1.807) is 6.21 Å². The molecule has 2 bridgehead atoms. The third kappa shape index (κ3) is 3.43. The van der Waals surface area contributed by atoms with E-state index in [0.29, 0.717) is 17.4 Å². The molecule has 6 rings (SSSR count). The Hall–Kier alpha value is -2.92. The Bertz CT molecular complexity index is 1010. The first kappa shape index (κ1) is 19.1. The van der Waals surface area contributed by atoms with Crippen molar-refractivity contribution in [1.29, 1.82) is 0 Å². The van der Waals surface area contributed by atoms with Crippen molar-refractivity contribution in [2.24, 2.45) is 28.8 Å². The van der Waals surface area contributed by atoms with E-state index in [9.17, 15) is 9.59 Å². The molecule has 1 saturated carbocycles. The lowest BCUT2D eigenvalue weighted by Crippen LogP contribution is -2.38. The smallest absolute Gasteiger partial charge is 0.254 e. The minimum absolute atomic E-state index is 0.168. The van der Waals surface area contributed by atoms with Crippen molar-refractivity contribution in [3.05, 3.63) is 76.8 Å². The number of benzene rings is 2. The number of allylic oxidation sites excluding steroid dienone is 2. The van der Waals surface area contributed by atoms with Crippen LogP contribution in [0.25, 0.3) is 0 Å².